The van der Waals surface area contributed by atoms with E-state index in [0.29, 0.717) is 17.3 Å². The summed E-state index contributed by atoms with van der Waals surface area (Å²) >= 11 is 6.03. The summed E-state index contributed by atoms with van der Waals surface area (Å²) in [6.45, 7) is 0.766. The first-order valence-electron chi connectivity index (χ1n) is 7.12. The van der Waals surface area contributed by atoms with Crippen molar-refractivity contribution in [3.63, 3.8) is 0 Å². The molecular formula is C15H16ClFN2O. The van der Waals surface area contributed by atoms with Gasteiger partial charge in [0.25, 0.3) is 0 Å². The van der Waals surface area contributed by atoms with Crippen LogP contribution in [0.4, 0.5) is 4.39 Å². The van der Waals surface area contributed by atoms with Crippen molar-refractivity contribution in [2.75, 3.05) is 6.61 Å². The number of halogens is 2. The molecule has 0 N–H and O–H groups in total. The number of ether oxygens (including phenoxy) is 1. The Labute approximate surface area is 121 Å². The van der Waals surface area contributed by atoms with Crippen LogP contribution in [0.3, 0.4) is 0 Å². The van der Waals surface area contributed by atoms with E-state index in [2.05, 4.69) is 9.55 Å². The van der Waals surface area contributed by atoms with Crippen LogP contribution in [0.15, 0.2) is 18.2 Å². The quantitative estimate of drug-likeness (QED) is 0.808. The summed E-state index contributed by atoms with van der Waals surface area (Å²) in [7, 11) is 0. The second kappa shape index (κ2) is 4.71. The first-order valence-corrected chi connectivity index (χ1v) is 7.66. The van der Waals surface area contributed by atoms with Gasteiger partial charge in [0.15, 0.2) is 5.82 Å². The second-order valence-corrected chi connectivity index (χ2v) is 5.94. The van der Waals surface area contributed by atoms with Gasteiger partial charge < -0.3 is 9.30 Å². The molecule has 2 unspecified atom stereocenters. The number of hydrogen-bond acceptors (Lipinski definition) is 2. The number of imidazole rings is 1. The highest BCUT2D eigenvalue weighted by Crippen LogP contribution is 2.44. The maximum Gasteiger partial charge on any atom is 0.151 e. The van der Waals surface area contributed by atoms with Crippen LogP contribution in [0.1, 0.15) is 31.1 Å². The Morgan fingerprint density at radius 3 is 2.95 bits per heavy atom. The molecule has 2 aliphatic rings. The monoisotopic (exact) mass is 294 g/mol. The van der Waals surface area contributed by atoms with Gasteiger partial charge in [0.1, 0.15) is 11.3 Å². The van der Waals surface area contributed by atoms with Crippen LogP contribution < -0.4 is 0 Å². The largest absolute Gasteiger partial charge is 0.376 e. The number of aromatic nitrogens is 2. The minimum absolute atomic E-state index is 0.234. The number of alkyl halides is 1. The summed E-state index contributed by atoms with van der Waals surface area (Å²) in [6.07, 6.45) is 3.65. The molecule has 0 amide bonds. The summed E-state index contributed by atoms with van der Waals surface area (Å²) in [4.78, 5) is 4.39. The standard InChI is InChI=1S/C15H16ClFN2O/c16-8-13-18-14-10(17)2-1-3-11(14)19(13)12-6-7-20-15(12)9-4-5-9/h1-3,9,12,15H,4-8H2. The maximum atomic E-state index is 13.9. The minimum Gasteiger partial charge on any atom is -0.376 e. The molecule has 1 aromatic carbocycles. The highest BCUT2D eigenvalue weighted by Gasteiger charge is 2.42. The number of benzene rings is 1. The second-order valence-electron chi connectivity index (χ2n) is 5.67. The number of para-hydroxylation sites is 1. The van der Waals surface area contributed by atoms with E-state index in [9.17, 15) is 4.39 Å². The lowest BCUT2D eigenvalue weighted by Crippen LogP contribution is -2.23. The zero-order valence-electron chi connectivity index (χ0n) is 11.1. The summed E-state index contributed by atoms with van der Waals surface area (Å²) in [5, 5.41) is 0. The number of fused-ring (bicyclic) bond motifs is 1. The van der Waals surface area contributed by atoms with E-state index in [-0.39, 0.29) is 18.0 Å². The Hall–Kier alpha value is -1.13. The van der Waals surface area contributed by atoms with Crippen molar-refractivity contribution in [1.82, 2.24) is 9.55 Å². The van der Waals surface area contributed by atoms with Crippen molar-refractivity contribution < 1.29 is 9.13 Å². The normalized spacial score (nSPS) is 26.5. The highest BCUT2D eigenvalue weighted by molar-refractivity contribution is 6.16. The zero-order chi connectivity index (χ0) is 13.7. The molecule has 0 bridgehead atoms. The molecule has 3 nitrogen and oxygen atoms in total. The molecule has 2 heterocycles. The van der Waals surface area contributed by atoms with Crippen LogP contribution in [0.2, 0.25) is 0 Å². The lowest BCUT2D eigenvalue weighted by atomic mass is 10.1. The van der Waals surface area contributed by atoms with Crippen molar-refractivity contribution >= 4 is 22.6 Å². The molecule has 1 saturated heterocycles. The van der Waals surface area contributed by atoms with E-state index < -0.39 is 0 Å². The molecule has 2 atom stereocenters. The average molecular weight is 295 g/mol. The van der Waals surface area contributed by atoms with Crippen LogP contribution in [-0.4, -0.2) is 22.3 Å². The van der Waals surface area contributed by atoms with Crippen molar-refractivity contribution in [2.24, 2.45) is 5.92 Å². The van der Waals surface area contributed by atoms with Gasteiger partial charge >= 0.3 is 0 Å². The molecule has 1 aliphatic heterocycles. The Balaban J connectivity index is 1.87. The lowest BCUT2D eigenvalue weighted by molar-refractivity contribution is 0.0754. The fraction of sp³-hybridized carbons (Fsp3) is 0.533. The van der Waals surface area contributed by atoms with Gasteiger partial charge in [-0.1, -0.05) is 6.07 Å². The van der Waals surface area contributed by atoms with Gasteiger partial charge in [-0.25, -0.2) is 9.37 Å². The average Bonchev–Trinajstić information content (AvgIpc) is 3.06. The third-order valence-electron chi connectivity index (χ3n) is 4.38. The van der Waals surface area contributed by atoms with Crippen molar-refractivity contribution in [1.29, 1.82) is 0 Å². The zero-order valence-corrected chi connectivity index (χ0v) is 11.8. The minimum atomic E-state index is -0.283. The molecule has 5 heteroatoms. The van der Waals surface area contributed by atoms with Crippen LogP contribution in [0.5, 0.6) is 0 Å². The van der Waals surface area contributed by atoms with Gasteiger partial charge in [0.05, 0.1) is 23.5 Å². The molecule has 1 aromatic heterocycles. The third-order valence-corrected chi connectivity index (χ3v) is 4.62. The van der Waals surface area contributed by atoms with Crippen LogP contribution >= 0.6 is 11.6 Å². The molecule has 2 fully saturated rings. The number of hydrogen-bond donors (Lipinski definition) is 0. The number of rotatable bonds is 3. The van der Waals surface area contributed by atoms with E-state index in [1.165, 1.54) is 18.9 Å². The van der Waals surface area contributed by atoms with Crippen LogP contribution in [0, 0.1) is 11.7 Å². The smallest absolute Gasteiger partial charge is 0.151 e. The molecule has 20 heavy (non-hydrogen) atoms. The van der Waals surface area contributed by atoms with Crippen LogP contribution in [0.25, 0.3) is 11.0 Å². The van der Waals surface area contributed by atoms with E-state index in [4.69, 9.17) is 16.3 Å². The van der Waals surface area contributed by atoms with Crippen molar-refractivity contribution in [2.45, 2.75) is 37.3 Å². The van der Waals surface area contributed by atoms with Gasteiger partial charge in [-0.05, 0) is 37.3 Å². The Bertz CT molecular complexity index is 653. The summed E-state index contributed by atoms with van der Waals surface area (Å²) < 4.78 is 21.9. The summed E-state index contributed by atoms with van der Waals surface area (Å²) in [6, 6.07) is 5.34. The summed E-state index contributed by atoms with van der Waals surface area (Å²) in [5.41, 5.74) is 1.26. The van der Waals surface area contributed by atoms with Gasteiger partial charge in [-0.2, -0.15) is 0 Å². The van der Waals surface area contributed by atoms with E-state index >= 15 is 0 Å². The Kier molecular flexibility index (Phi) is 2.97. The van der Waals surface area contributed by atoms with E-state index in [0.717, 1.165) is 24.4 Å². The van der Waals surface area contributed by atoms with Gasteiger partial charge in [0, 0.05) is 6.61 Å². The predicted molar refractivity (Wildman–Crippen MR) is 75.4 cm³/mol. The maximum absolute atomic E-state index is 13.9. The Morgan fingerprint density at radius 2 is 2.20 bits per heavy atom. The highest BCUT2D eigenvalue weighted by atomic mass is 35.5. The molecule has 0 spiro atoms. The molecule has 4 rings (SSSR count). The van der Waals surface area contributed by atoms with Gasteiger partial charge in [-0.15, -0.1) is 11.6 Å². The van der Waals surface area contributed by atoms with E-state index in [1.807, 2.05) is 6.07 Å². The molecule has 1 saturated carbocycles. The van der Waals surface area contributed by atoms with Crippen molar-refractivity contribution in [3.8, 4) is 0 Å². The van der Waals surface area contributed by atoms with Crippen LogP contribution in [-0.2, 0) is 10.6 Å². The molecule has 106 valence electrons. The third kappa shape index (κ3) is 1.85. The first-order chi connectivity index (χ1) is 9.79. The molecule has 1 aliphatic carbocycles. The Morgan fingerprint density at radius 1 is 1.35 bits per heavy atom. The fourth-order valence-electron chi connectivity index (χ4n) is 3.35. The SMILES string of the molecule is Fc1cccc2c1nc(CCl)n2C1CCOC1C1CC1. The van der Waals surface area contributed by atoms with Gasteiger partial charge in [0.2, 0.25) is 0 Å². The fourth-order valence-corrected chi connectivity index (χ4v) is 3.54. The molecule has 2 aromatic rings. The van der Waals surface area contributed by atoms with E-state index in [1.54, 1.807) is 6.07 Å². The molecule has 0 radical (unpaired) electrons. The number of nitrogens with zero attached hydrogens (tertiary/aromatic N) is 2. The van der Waals surface area contributed by atoms with Gasteiger partial charge in [-0.3, -0.25) is 0 Å². The topological polar surface area (TPSA) is 27.1 Å². The predicted octanol–water partition coefficient (Wildman–Crippen LogP) is 3.65. The summed E-state index contributed by atoms with van der Waals surface area (Å²) in [5.74, 6) is 1.40. The lowest BCUT2D eigenvalue weighted by Gasteiger charge is -2.22. The molecular weight excluding hydrogens is 279 g/mol. The first kappa shape index (κ1) is 12.6. The van der Waals surface area contributed by atoms with Crippen molar-refractivity contribution in [3.05, 3.63) is 29.8 Å².